The molecule has 0 bridgehead atoms. The van der Waals surface area contributed by atoms with Crippen LogP contribution in [-0.4, -0.2) is 78.4 Å². The first-order valence-corrected chi connectivity index (χ1v) is 26.5. The van der Waals surface area contributed by atoms with E-state index in [-0.39, 0.29) is 26.6 Å². The smallest absolute Gasteiger partial charge is 0.326 e. The molecular weight excluding hydrogens is 952 g/mol. The third-order valence-corrected chi connectivity index (χ3v) is 18.2. The number of benzene rings is 2. The molecule has 2 aromatic carbocycles. The van der Waals surface area contributed by atoms with Gasteiger partial charge in [-0.25, -0.2) is 9.59 Å². The van der Waals surface area contributed by atoms with Crippen molar-refractivity contribution in [3.05, 3.63) is 62.6 Å². The first-order valence-electron chi connectivity index (χ1n) is 25.7. The highest BCUT2D eigenvalue weighted by Crippen LogP contribution is 2.69. The van der Waals surface area contributed by atoms with Gasteiger partial charge in [0.15, 0.2) is 0 Å². The van der Waals surface area contributed by atoms with Crippen molar-refractivity contribution in [2.75, 3.05) is 0 Å². The van der Waals surface area contributed by atoms with Gasteiger partial charge in [0.25, 0.3) is 11.8 Å². The van der Waals surface area contributed by atoms with Gasteiger partial charge >= 0.3 is 23.9 Å². The van der Waals surface area contributed by atoms with E-state index in [1.54, 1.807) is 0 Å². The summed E-state index contributed by atoms with van der Waals surface area (Å²) in [6, 6.07) is 2.10. The van der Waals surface area contributed by atoms with E-state index < -0.39 is 96.1 Å². The van der Waals surface area contributed by atoms with Crippen molar-refractivity contribution in [3.63, 3.8) is 0 Å². The molecule has 2 amide bonds. The van der Waals surface area contributed by atoms with Gasteiger partial charge in [0.05, 0.1) is 21.2 Å². The number of allylic oxidation sites excluding steroid dienone is 1. The summed E-state index contributed by atoms with van der Waals surface area (Å²) in [4.78, 5) is 73.8. The van der Waals surface area contributed by atoms with Crippen LogP contribution in [0, 0.1) is 58.2 Å². The predicted octanol–water partition coefficient (Wildman–Crippen LogP) is 11.4. The van der Waals surface area contributed by atoms with Gasteiger partial charge in [0.2, 0.25) is 0 Å². The second kappa shape index (κ2) is 23.4. The highest BCUT2D eigenvalue weighted by atomic mass is 35.5. The SMILES string of the molecule is CC(C)CCC[C@@H](C)[C@H]1CC[C@H]2[C@@H]3CC[C@H]4C[C@@H](CCC=C(c5cc(Cl)c(O)c(C(=O)NC(CCC(=O)O)C(=O)O)c5)c5cc(Cl)c(O)c(C(=O)NC(CCC(=O)O)C(=O)O)c5)CC[C@]4(C)[C@H]3CC[C@]12C. The fourth-order valence-electron chi connectivity index (χ4n) is 13.9. The van der Waals surface area contributed by atoms with Gasteiger partial charge < -0.3 is 41.3 Å². The van der Waals surface area contributed by atoms with Gasteiger partial charge in [-0.05, 0) is 183 Å². The van der Waals surface area contributed by atoms with E-state index in [2.05, 4.69) is 45.3 Å². The molecule has 390 valence electrons. The van der Waals surface area contributed by atoms with Gasteiger partial charge in [-0.1, -0.05) is 83.2 Å². The number of carboxylic acids is 4. The van der Waals surface area contributed by atoms with E-state index in [0.29, 0.717) is 29.2 Å². The van der Waals surface area contributed by atoms with E-state index in [9.17, 15) is 49.2 Å². The Morgan fingerprint density at radius 2 is 1.20 bits per heavy atom. The van der Waals surface area contributed by atoms with Crippen molar-refractivity contribution >= 4 is 64.5 Å². The lowest BCUT2D eigenvalue weighted by atomic mass is 9.44. The number of carbonyl (C=O) groups is 6. The summed E-state index contributed by atoms with van der Waals surface area (Å²) in [5.41, 5.74) is 0.724. The van der Waals surface area contributed by atoms with Gasteiger partial charge in [-0.3, -0.25) is 19.2 Å². The minimum Gasteiger partial charge on any atom is -0.506 e. The standard InChI is InChI=1S/C55H74Cl2N2O12/c1-29(2)8-6-9-30(3)39-14-15-40-36-13-12-34-24-31(20-22-54(34,4)41(36)21-23-55(39,40)5)10-7-11-35(32-25-37(48(64)42(56)27-32)50(66)58-44(52(68)69)16-18-46(60)61)33-26-38(49(65)43(57)28-33)51(67)59-45(53(70)71)17-19-47(62)63/h11,25-31,34,36,39-41,44-45,64-65H,6-10,12-24H2,1-5H3,(H,58,66)(H,59,67)(H,60,61)(H,62,63)(H,68,69)(H,70,71)/t30-,31+,34+,36+,39-,40+,41+,44?,45?,54+,55-/m1/s1. The van der Waals surface area contributed by atoms with Crippen LogP contribution in [0.2, 0.25) is 10.0 Å². The fourth-order valence-corrected chi connectivity index (χ4v) is 14.3. The van der Waals surface area contributed by atoms with Crippen molar-refractivity contribution in [3.8, 4) is 11.5 Å². The molecule has 16 heteroatoms. The molecule has 14 nitrogen and oxygen atoms in total. The first-order chi connectivity index (χ1) is 33.4. The van der Waals surface area contributed by atoms with Crippen molar-refractivity contribution < 1.29 is 59.4 Å². The molecule has 0 radical (unpaired) electrons. The first kappa shape index (κ1) is 55.5. The number of amides is 2. The van der Waals surface area contributed by atoms with Crippen LogP contribution >= 0.6 is 23.2 Å². The molecule has 4 aliphatic carbocycles. The highest BCUT2D eigenvalue weighted by molar-refractivity contribution is 6.33. The molecule has 4 aliphatic rings. The molecule has 4 saturated carbocycles. The maximum atomic E-state index is 13.6. The molecule has 0 aromatic heterocycles. The van der Waals surface area contributed by atoms with Crippen LogP contribution in [0.3, 0.4) is 0 Å². The van der Waals surface area contributed by atoms with Crippen LogP contribution in [0.1, 0.15) is 182 Å². The van der Waals surface area contributed by atoms with E-state index in [1.165, 1.54) is 82.1 Å². The average molecular weight is 1030 g/mol. The quantitative estimate of drug-likeness (QED) is 0.0549. The molecule has 11 atom stereocenters. The molecular formula is C55H74Cl2N2O12. The van der Waals surface area contributed by atoms with Gasteiger partial charge in [-0.15, -0.1) is 0 Å². The Hall–Kier alpha value is -4.82. The third kappa shape index (κ3) is 12.7. The van der Waals surface area contributed by atoms with E-state index >= 15 is 0 Å². The Kier molecular flexibility index (Phi) is 18.3. The largest absolute Gasteiger partial charge is 0.506 e. The molecule has 8 N–H and O–H groups in total. The number of carbonyl (C=O) groups excluding carboxylic acids is 2. The third-order valence-electron chi connectivity index (χ3n) is 17.6. The maximum Gasteiger partial charge on any atom is 0.326 e. The summed E-state index contributed by atoms with van der Waals surface area (Å²) >= 11 is 13.1. The second-order valence-corrected chi connectivity index (χ2v) is 23.1. The summed E-state index contributed by atoms with van der Waals surface area (Å²) < 4.78 is 0. The van der Waals surface area contributed by atoms with Crippen LogP contribution in [0.5, 0.6) is 11.5 Å². The van der Waals surface area contributed by atoms with Crippen LogP contribution in [0.4, 0.5) is 0 Å². The Bertz CT molecular complexity index is 2260. The normalized spacial score (nSPS) is 27.0. The fraction of sp³-hybridized carbons (Fsp3) is 0.636. The minimum atomic E-state index is -1.61. The lowest BCUT2D eigenvalue weighted by Gasteiger charge is -2.61. The monoisotopic (exact) mass is 1020 g/mol. The average Bonchev–Trinajstić information content (AvgIpc) is 3.66. The number of aliphatic carboxylic acids is 4. The zero-order valence-corrected chi connectivity index (χ0v) is 43.3. The molecule has 2 unspecified atom stereocenters. The molecule has 0 heterocycles. The van der Waals surface area contributed by atoms with Crippen LogP contribution in [-0.2, 0) is 19.2 Å². The molecule has 6 rings (SSSR count). The minimum absolute atomic E-state index is 0.242. The van der Waals surface area contributed by atoms with E-state index in [0.717, 1.165) is 61.2 Å². The molecule has 0 aliphatic heterocycles. The maximum absolute atomic E-state index is 13.6. The van der Waals surface area contributed by atoms with Crippen molar-refractivity contribution in [2.45, 2.75) is 162 Å². The lowest BCUT2D eigenvalue weighted by Crippen LogP contribution is -2.53. The van der Waals surface area contributed by atoms with Gasteiger partial charge in [0, 0.05) is 12.8 Å². The Balaban J connectivity index is 1.26. The summed E-state index contributed by atoms with van der Waals surface area (Å²) in [5, 5.41) is 63.9. The summed E-state index contributed by atoms with van der Waals surface area (Å²) in [6.45, 7) is 12.4. The highest BCUT2D eigenvalue weighted by Gasteiger charge is 2.60. The summed E-state index contributed by atoms with van der Waals surface area (Å²) in [7, 11) is 0. The number of rotatable bonds is 22. The molecule has 4 fully saturated rings. The van der Waals surface area contributed by atoms with Crippen LogP contribution in [0.25, 0.3) is 5.57 Å². The number of carboxylic acid groups (broad SMARTS) is 4. The number of phenols is 2. The van der Waals surface area contributed by atoms with Crippen molar-refractivity contribution in [2.24, 2.45) is 58.2 Å². The van der Waals surface area contributed by atoms with Crippen molar-refractivity contribution in [1.29, 1.82) is 0 Å². The van der Waals surface area contributed by atoms with Crippen LogP contribution < -0.4 is 10.6 Å². The van der Waals surface area contributed by atoms with Crippen LogP contribution in [0.15, 0.2) is 30.3 Å². The Labute approximate surface area is 427 Å². The topological polar surface area (TPSA) is 248 Å². The summed E-state index contributed by atoms with van der Waals surface area (Å²) in [5.74, 6) is -3.31. The van der Waals surface area contributed by atoms with E-state index in [4.69, 9.17) is 33.4 Å². The zero-order chi connectivity index (χ0) is 52.1. The van der Waals surface area contributed by atoms with E-state index in [1.807, 2.05) is 6.08 Å². The number of phenolic OH excluding ortho intramolecular Hbond substituents is 2. The molecule has 0 saturated heterocycles. The Morgan fingerprint density at radius 1 is 0.676 bits per heavy atom. The number of nitrogens with one attached hydrogen (secondary N) is 2. The van der Waals surface area contributed by atoms with Gasteiger partial charge in [-0.2, -0.15) is 0 Å². The molecule has 2 aromatic rings. The molecule has 71 heavy (non-hydrogen) atoms. The second-order valence-electron chi connectivity index (χ2n) is 22.3. The zero-order valence-electron chi connectivity index (χ0n) is 41.8. The van der Waals surface area contributed by atoms with Crippen molar-refractivity contribution in [1.82, 2.24) is 10.6 Å². The lowest BCUT2D eigenvalue weighted by molar-refractivity contribution is -0.142. The number of halogens is 2. The molecule has 0 spiro atoms. The number of fused-ring (bicyclic) bond motifs is 5. The Morgan fingerprint density at radius 3 is 1.70 bits per heavy atom. The van der Waals surface area contributed by atoms with Gasteiger partial charge in [0.1, 0.15) is 23.6 Å². The number of hydrogen-bond acceptors (Lipinski definition) is 8. The summed E-state index contributed by atoms with van der Waals surface area (Å²) in [6.07, 6.45) is 16.4. The number of aromatic hydroxyl groups is 2. The predicted molar refractivity (Wildman–Crippen MR) is 271 cm³/mol. The number of hydrogen-bond donors (Lipinski definition) is 8.